The predicted molar refractivity (Wildman–Crippen MR) is 86.8 cm³/mol. The van der Waals surface area contributed by atoms with E-state index in [1.165, 1.54) is 11.3 Å². The molecule has 8 heteroatoms. The summed E-state index contributed by atoms with van der Waals surface area (Å²) in [7, 11) is 0. The fourth-order valence-electron chi connectivity index (χ4n) is 2.04. The van der Waals surface area contributed by atoms with Crippen molar-refractivity contribution >= 4 is 45.7 Å². The molecule has 0 fully saturated rings. The van der Waals surface area contributed by atoms with Crippen molar-refractivity contribution in [3.05, 3.63) is 53.8 Å². The number of thiazole rings is 1. The minimum atomic E-state index is -0.254. The Balaban J connectivity index is 1.61. The van der Waals surface area contributed by atoms with Gasteiger partial charge >= 0.3 is 0 Å². The Morgan fingerprint density at radius 2 is 2.00 bits per heavy atom. The van der Waals surface area contributed by atoms with Crippen molar-refractivity contribution in [3.8, 4) is 5.13 Å². The molecule has 0 bridgehead atoms. The quantitative estimate of drug-likeness (QED) is 0.627. The molecule has 1 amide bonds. The topological polar surface area (TPSA) is 72.7 Å². The van der Waals surface area contributed by atoms with Crippen molar-refractivity contribution in [1.82, 2.24) is 18.3 Å². The normalized spacial score (nSPS) is 10.9. The first kappa shape index (κ1) is 13.1. The molecule has 6 nitrogen and oxygen atoms in total. The molecule has 0 saturated heterocycles. The molecule has 0 spiro atoms. The molecule has 108 valence electrons. The van der Waals surface area contributed by atoms with E-state index < -0.39 is 0 Å². The van der Waals surface area contributed by atoms with Crippen LogP contribution in [0.5, 0.6) is 0 Å². The van der Waals surface area contributed by atoms with E-state index in [9.17, 15) is 4.79 Å². The van der Waals surface area contributed by atoms with Crippen LogP contribution >= 0.6 is 23.1 Å². The molecular weight excluding hydrogens is 318 g/mol. The molecule has 0 aliphatic carbocycles. The molecule has 0 radical (unpaired) electrons. The second-order valence-electron chi connectivity index (χ2n) is 4.50. The monoisotopic (exact) mass is 327 g/mol. The first-order valence-electron chi connectivity index (χ1n) is 6.43. The highest BCUT2D eigenvalue weighted by Crippen LogP contribution is 2.22. The molecule has 4 rings (SSSR count). The number of carbonyl (C=O) groups excluding carboxylic acids is 1. The maximum atomic E-state index is 12.3. The maximum absolute atomic E-state index is 12.3. The molecule has 3 aromatic heterocycles. The van der Waals surface area contributed by atoms with E-state index in [1.54, 1.807) is 11.4 Å². The van der Waals surface area contributed by atoms with Gasteiger partial charge in [-0.2, -0.15) is 8.75 Å². The lowest BCUT2D eigenvalue weighted by Gasteiger charge is -2.03. The highest BCUT2D eigenvalue weighted by Gasteiger charge is 2.14. The summed E-state index contributed by atoms with van der Waals surface area (Å²) >= 11 is 2.54. The Hall–Kier alpha value is -2.58. The van der Waals surface area contributed by atoms with Crippen LogP contribution in [0.3, 0.4) is 0 Å². The number of anilines is 1. The van der Waals surface area contributed by atoms with Gasteiger partial charge < -0.3 is 9.88 Å². The largest absolute Gasteiger partial charge is 0.319 e. The Bertz CT molecular complexity index is 941. The highest BCUT2D eigenvalue weighted by molar-refractivity contribution is 7.12. The van der Waals surface area contributed by atoms with Crippen LogP contribution in [0.15, 0.2) is 48.1 Å². The average Bonchev–Trinajstić information content (AvgIpc) is 3.27. The van der Waals surface area contributed by atoms with Gasteiger partial charge in [0.1, 0.15) is 16.7 Å². The van der Waals surface area contributed by atoms with Crippen molar-refractivity contribution in [3.63, 3.8) is 0 Å². The molecule has 22 heavy (non-hydrogen) atoms. The number of fused-ring (bicyclic) bond motifs is 1. The number of rotatable bonds is 3. The van der Waals surface area contributed by atoms with Crippen molar-refractivity contribution in [2.24, 2.45) is 0 Å². The molecule has 0 aliphatic rings. The Labute approximate surface area is 133 Å². The standard InChI is InChI=1S/C14H9N5OS2/c20-13(11-8-21-14(16-11)19-6-1-2-7-19)15-9-4-3-5-10-12(9)18-22-17-10/h1-8H,(H,15,20). The Morgan fingerprint density at radius 3 is 2.86 bits per heavy atom. The van der Waals surface area contributed by atoms with Crippen LogP contribution in [-0.2, 0) is 0 Å². The number of hydrogen-bond donors (Lipinski definition) is 1. The highest BCUT2D eigenvalue weighted by atomic mass is 32.1. The van der Waals surface area contributed by atoms with Gasteiger partial charge in [-0.1, -0.05) is 6.07 Å². The van der Waals surface area contributed by atoms with E-state index in [4.69, 9.17) is 0 Å². The number of carbonyl (C=O) groups is 1. The van der Waals surface area contributed by atoms with Gasteiger partial charge in [-0.05, 0) is 24.3 Å². The van der Waals surface area contributed by atoms with Gasteiger partial charge in [0.25, 0.3) is 5.91 Å². The molecule has 4 aromatic rings. The summed E-state index contributed by atoms with van der Waals surface area (Å²) in [5, 5.41) is 5.34. The van der Waals surface area contributed by atoms with Crippen molar-refractivity contribution in [2.45, 2.75) is 0 Å². The number of aromatic nitrogens is 4. The van der Waals surface area contributed by atoms with Gasteiger partial charge in [0, 0.05) is 17.8 Å². The first-order chi connectivity index (χ1) is 10.8. The number of nitrogens with zero attached hydrogens (tertiary/aromatic N) is 4. The van der Waals surface area contributed by atoms with Gasteiger partial charge in [0.05, 0.1) is 17.4 Å². The van der Waals surface area contributed by atoms with E-state index in [-0.39, 0.29) is 5.91 Å². The van der Waals surface area contributed by atoms with Crippen molar-refractivity contribution in [2.75, 3.05) is 5.32 Å². The summed E-state index contributed by atoms with van der Waals surface area (Å²) in [4.78, 5) is 16.7. The molecule has 0 saturated carbocycles. The van der Waals surface area contributed by atoms with E-state index in [2.05, 4.69) is 19.0 Å². The Morgan fingerprint density at radius 1 is 1.14 bits per heavy atom. The number of benzene rings is 1. The SMILES string of the molecule is O=C(Nc1cccc2nsnc12)c1csc(-n2cccc2)n1. The van der Waals surface area contributed by atoms with E-state index in [1.807, 2.05) is 41.2 Å². The zero-order valence-corrected chi connectivity index (χ0v) is 12.8. The van der Waals surface area contributed by atoms with Gasteiger partial charge in [-0.25, -0.2) is 4.98 Å². The third-order valence-electron chi connectivity index (χ3n) is 3.08. The summed E-state index contributed by atoms with van der Waals surface area (Å²) in [6.07, 6.45) is 3.78. The van der Waals surface area contributed by atoms with Crippen LogP contribution in [-0.4, -0.2) is 24.2 Å². The molecular formula is C14H9N5OS2. The third kappa shape index (κ3) is 2.28. The van der Waals surface area contributed by atoms with Crippen LogP contribution < -0.4 is 5.32 Å². The zero-order chi connectivity index (χ0) is 14.9. The van der Waals surface area contributed by atoms with E-state index >= 15 is 0 Å². The lowest BCUT2D eigenvalue weighted by atomic mass is 10.2. The summed E-state index contributed by atoms with van der Waals surface area (Å²) in [6.45, 7) is 0. The second-order valence-corrected chi connectivity index (χ2v) is 5.86. The maximum Gasteiger partial charge on any atom is 0.275 e. The van der Waals surface area contributed by atoms with Crippen LogP contribution in [0.2, 0.25) is 0 Å². The molecule has 1 aromatic carbocycles. The fraction of sp³-hybridized carbons (Fsp3) is 0. The third-order valence-corrected chi connectivity index (χ3v) is 4.48. The van der Waals surface area contributed by atoms with Gasteiger partial charge in [0.15, 0.2) is 5.13 Å². The molecule has 1 N–H and O–H groups in total. The van der Waals surface area contributed by atoms with Crippen molar-refractivity contribution < 1.29 is 4.79 Å². The summed E-state index contributed by atoms with van der Waals surface area (Å²) in [5.41, 5.74) is 2.50. The number of hydrogen-bond acceptors (Lipinski definition) is 6. The summed E-state index contributed by atoms with van der Waals surface area (Å²) < 4.78 is 10.2. The molecule has 3 heterocycles. The van der Waals surface area contributed by atoms with Crippen molar-refractivity contribution in [1.29, 1.82) is 0 Å². The van der Waals surface area contributed by atoms with Crippen LogP contribution in [0.25, 0.3) is 16.2 Å². The molecule has 0 aliphatic heterocycles. The summed E-state index contributed by atoms with van der Waals surface area (Å²) in [5.74, 6) is -0.254. The lowest BCUT2D eigenvalue weighted by Crippen LogP contribution is -2.12. The lowest BCUT2D eigenvalue weighted by molar-refractivity contribution is 0.102. The average molecular weight is 327 g/mol. The minimum absolute atomic E-state index is 0.254. The smallest absolute Gasteiger partial charge is 0.275 e. The second kappa shape index (κ2) is 5.32. The zero-order valence-electron chi connectivity index (χ0n) is 11.1. The summed E-state index contributed by atoms with van der Waals surface area (Å²) in [6, 6.07) is 9.34. The number of nitrogens with one attached hydrogen (secondary N) is 1. The number of amides is 1. The van der Waals surface area contributed by atoms with Crippen LogP contribution in [0, 0.1) is 0 Å². The predicted octanol–water partition coefficient (Wildman–Crippen LogP) is 3.19. The first-order valence-corrected chi connectivity index (χ1v) is 8.04. The van der Waals surface area contributed by atoms with Crippen LogP contribution in [0.1, 0.15) is 10.5 Å². The molecule has 0 atom stereocenters. The van der Waals surface area contributed by atoms with Gasteiger partial charge in [0.2, 0.25) is 0 Å². The Kier molecular flexibility index (Phi) is 3.17. The molecule has 0 unspecified atom stereocenters. The van der Waals surface area contributed by atoms with Gasteiger partial charge in [-0.15, -0.1) is 11.3 Å². The van der Waals surface area contributed by atoms with E-state index in [0.29, 0.717) is 16.9 Å². The fourth-order valence-corrected chi connectivity index (χ4v) is 3.36. The van der Waals surface area contributed by atoms with Gasteiger partial charge in [-0.3, -0.25) is 4.79 Å². The minimum Gasteiger partial charge on any atom is -0.319 e. The van der Waals surface area contributed by atoms with E-state index in [0.717, 1.165) is 22.4 Å². The van der Waals surface area contributed by atoms with Crippen LogP contribution in [0.4, 0.5) is 5.69 Å².